The third-order valence-corrected chi connectivity index (χ3v) is 4.16. The molecule has 8 heteroatoms. The summed E-state index contributed by atoms with van der Waals surface area (Å²) in [6.07, 6.45) is 0. The maximum Gasteiger partial charge on any atom is 0.497 e. The van der Waals surface area contributed by atoms with Crippen LogP contribution in [0, 0.1) is 5.82 Å². The summed E-state index contributed by atoms with van der Waals surface area (Å²) in [5.74, 6) is -3.90. The van der Waals surface area contributed by atoms with E-state index in [-0.39, 0.29) is 11.2 Å². The fourth-order valence-electron chi connectivity index (χ4n) is 2.00. The van der Waals surface area contributed by atoms with Crippen LogP contribution in [-0.2, 0) is 9.31 Å². The lowest BCUT2D eigenvalue weighted by atomic mass is 9.78. The van der Waals surface area contributed by atoms with Crippen molar-refractivity contribution in [1.29, 1.82) is 0 Å². The highest BCUT2D eigenvalue weighted by Gasteiger charge is 2.52. The number of benzene rings is 1. The zero-order chi connectivity index (χ0) is 17.5. The predicted octanol–water partition coefficient (Wildman–Crippen LogP) is 2.13. The van der Waals surface area contributed by atoms with Crippen LogP contribution in [-0.4, -0.2) is 42.6 Å². The zero-order valence-electron chi connectivity index (χ0n) is 13.5. The zero-order valence-corrected chi connectivity index (χ0v) is 13.5. The van der Waals surface area contributed by atoms with Crippen LogP contribution in [0.2, 0.25) is 0 Å². The van der Waals surface area contributed by atoms with Crippen molar-refractivity contribution in [3.8, 4) is 5.75 Å². The Kier molecular flexibility index (Phi) is 4.72. The second-order valence-electron chi connectivity index (χ2n) is 6.57. The van der Waals surface area contributed by atoms with E-state index in [4.69, 9.17) is 19.2 Å². The van der Waals surface area contributed by atoms with Crippen LogP contribution < -0.4 is 10.2 Å². The van der Waals surface area contributed by atoms with Crippen LogP contribution in [0.25, 0.3) is 0 Å². The molecule has 0 bridgehead atoms. The monoisotopic (exact) mass is 332 g/mol. The molecule has 1 N–H and O–H groups in total. The molecule has 0 atom stereocenters. The van der Waals surface area contributed by atoms with Crippen molar-refractivity contribution in [2.24, 2.45) is 0 Å². The highest BCUT2D eigenvalue weighted by molar-refractivity contribution is 6.62. The molecule has 4 nitrogen and oxygen atoms in total. The van der Waals surface area contributed by atoms with Gasteiger partial charge in [0.15, 0.2) is 6.61 Å². The van der Waals surface area contributed by atoms with Gasteiger partial charge in [-0.2, -0.15) is 0 Å². The largest absolute Gasteiger partial charge is 0.497 e. The lowest BCUT2D eigenvalue weighted by Gasteiger charge is -2.32. The number of aliphatic hydroxyl groups is 1. The van der Waals surface area contributed by atoms with Gasteiger partial charge in [0.25, 0.3) is 0 Å². The van der Waals surface area contributed by atoms with Crippen LogP contribution in [0.3, 0.4) is 0 Å². The number of alkyl halides is 2. The number of rotatable bonds is 5. The van der Waals surface area contributed by atoms with E-state index in [1.165, 1.54) is 12.1 Å². The first-order valence-electron chi connectivity index (χ1n) is 7.24. The molecule has 1 aliphatic heterocycles. The lowest BCUT2D eigenvalue weighted by molar-refractivity contribution is -0.0801. The standard InChI is InChI=1S/C15H20BF3O4/c1-13(2)14(3,4)23-16(22-13)11-7-10(5-6-12(11)17)21-9-15(18,19)8-20/h5-7,20H,8-9H2,1-4H3. The van der Waals surface area contributed by atoms with Crippen LogP contribution in [0.1, 0.15) is 27.7 Å². The molecular formula is C15H20BF3O4. The highest BCUT2D eigenvalue weighted by atomic mass is 19.3. The van der Waals surface area contributed by atoms with Gasteiger partial charge in [0, 0.05) is 5.46 Å². The molecule has 23 heavy (non-hydrogen) atoms. The van der Waals surface area contributed by atoms with Gasteiger partial charge in [-0.05, 0) is 45.9 Å². The van der Waals surface area contributed by atoms with E-state index >= 15 is 0 Å². The van der Waals surface area contributed by atoms with Gasteiger partial charge in [-0.15, -0.1) is 0 Å². The van der Waals surface area contributed by atoms with Crippen LogP contribution in [0.5, 0.6) is 5.75 Å². The summed E-state index contributed by atoms with van der Waals surface area (Å²) in [5.41, 5.74) is -1.22. The van der Waals surface area contributed by atoms with Crippen molar-refractivity contribution in [3.05, 3.63) is 24.0 Å². The summed E-state index contributed by atoms with van der Waals surface area (Å²) in [7, 11) is -0.957. The molecule has 0 spiro atoms. The lowest BCUT2D eigenvalue weighted by Crippen LogP contribution is -2.41. The normalized spacial score (nSPS) is 19.9. The first kappa shape index (κ1) is 18.1. The Bertz CT molecular complexity index is 562. The molecule has 1 aromatic carbocycles. The first-order valence-corrected chi connectivity index (χ1v) is 7.24. The Morgan fingerprint density at radius 3 is 2.26 bits per heavy atom. The molecule has 1 heterocycles. The van der Waals surface area contributed by atoms with Gasteiger partial charge >= 0.3 is 13.0 Å². The van der Waals surface area contributed by atoms with Gasteiger partial charge in [-0.1, -0.05) is 0 Å². The summed E-state index contributed by atoms with van der Waals surface area (Å²) in [5, 5.41) is 8.53. The number of aliphatic hydroxyl groups excluding tert-OH is 1. The second kappa shape index (κ2) is 6.00. The van der Waals surface area contributed by atoms with E-state index in [0.717, 1.165) is 6.07 Å². The molecule has 128 valence electrons. The van der Waals surface area contributed by atoms with Crippen molar-refractivity contribution in [1.82, 2.24) is 0 Å². The van der Waals surface area contributed by atoms with E-state index in [9.17, 15) is 13.2 Å². The van der Waals surface area contributed by atoms with Crippen molar-refractivity contribution in [2.45, 2.75) is 44.8 Å². The molecule has 1 aromatic rings. The average molecular weight is 332 g/mol. The van der Waals surface area contributed by atoms with Crippen LogP contribution in [0.4, 0.5) is 13.2 Å². The molecular weight excluding hydrogens is 312 g/mol. The third-order valence-electron chi connectivity index (χ3n) is 4.16. The maximum absolute atomic E-state index is 14.1. The molecule has 0 aromatic heterocycles. The predicted molar refractivity (Wildman–Crippen MR) is 79.6 cm³/mol. The minimum atomic E-state index is -3.36. The number of halogens is 3. The second-order valence-corrected chi connectivity index (χ2v) is 6.57. The molecule has 1 saturated heterocycles. The fourth-order valence-corrected chi connectivity index (χ4v) is 2.00. The minimum absolute atomic E-state index is 0.0456. The molecule has 0 aliphatic carbocycles. The molecule has 0 amide bonds. The van der Waals surface area contributed by atoms with Gasteiger partial charge in [-0.25, -0.2) is 13.2 Å². The van der Waals surface area contributed by atoms with E-state index in [1.54, 1.807) is 0 Å². The highest BCUT2D eigenvalue weighted by Crippen LogP contribution is 2.36. The van der Waals surface area contributed by atoms with Crippen LogP contribution in [0.15, 0.2) is 18.2 Å². The Balaban J connectivity index is 2.19. The number of ether oxygens (including phenoxy) is 1. The van der Waals surface area contributed by atoms with Crippen molar-refractivity contribution in [2.75, 3.05) is 13.2 Å². The maximum atomic E-state index is 14.1. The minimum Gasteiger partial charge on any atom is -0.487 e. The number of hydrogen-bond donors (Lipinski definition) is 1. The van der Waals surface area contributed by atoms with Crippen molar-refractivity contribution in [3.63, 3.8) is 0 Å². The van der Waals surface area contributed by atoms with E-state index < -0.39 is 43.3 Å². The van der Waals surface area contributed by atoms with E-state index in [0.29, 0.717) is 0 Å². The van der Waals surface area contributed by atoms with E-state index in [2.05, 4.69) is 0 Å². The SMILES string of the molecule is CC1(C)OB(c2cc(OCC(F)(F)CO)ccc2F)OC1(C)C. The topological polar surface area (TPSA) is 47.9 Å². The first-order chi connectivity index (χ1) is 10.5. The van der Waals surface area contributed by atoms with Gasteiger partial charge in [0.1, 0.15) is 18.2 Å². The Hall–Kier alpha value is -1.25. The third kappa shape index (κ3) is 3.81. The van der Waals surface area contributed by atoms with Gasteiger partial charge in [-0.3, -0.25) is 0 Å². The van der Waals surface area contributed by atoms with Gasteiger partial charge < -0.3 is 19.2 Å². The Morgan fingerprint density at radius 2 is 1.74 bits per heavy atom. The summed E-state index contributed by atoms with van der Waals surface area (Å²) < 4.78 is 56.5. The Morgan fingerprint density at radius 1 is 1.17 bits per heavy atom. The van der Waals surface area contributed by atoms with E-state index in [1.807, 2.05) is 27.7 Å². The average Bonchev–Trinajstić information content (AvgIpc) is 2.66. The molecule has 0 unspecified atom stereocenters. The van der Waals surface area contributed by atoms with Crippen molar-refractivity contribution < 1.29 is 32.3 Å². The molecule has 0 radical (unpaired) electrons. The summed E-state index contributed by atoms with van der Waals surface area (Å²) in [6, 6.07) is 3.61. The van der Waals surface area contributed by atoms with Crippen LogP contribution >= 0.6 is 0 Å². The molecule has 2 rings (SSSR count). The molecule has 1 aliphatic rings. The summed E-state index contributed by atoms with van der Waals surface area (Å²) in [6.45, 7) is 4.98. The summed E-state index contributed by atoms with van der Waals surface area (Å²) >= 11 is 0. The van der Waals surface area contributed by atoms with Crippen molar-refractivity contribution >= 4 is 12.6 Å². The quantitative estimate of drug-likeness (QED) is 0.840. The fraction of sp³-hybridized carbons (Fsp3) is 0.600. The Labute approximate surface area is 133 Å². The number of hydrogen-bond acceptors (Lipinski definition) is 4. The van der Waals surface area contributed by atoms with Gasteiger partial charge in [0.05, 0.1) is 11.2 Å². The molecule has 0 saturated carbocycles. The molecule has 1 fully saturated rings. The summed E-state index contributed by atoms with van der Waals surface area (Å²) in [4.78, 5) is 0. The van der Waals surface area contributed by atoms with Gasteiger partial charge in [0.2, 0.25) is 0 Å². The smallest absolute Gasteiger partial charge is 0.487 e.